The van der Waals surface area contributed by atoms with Crippen molar-refractivity contribution < 1.29 is 49.0 Å². The van der Waals surface area contributed by atoms with Crippen molar-refractivity contribution in [3.8, 4) is 34.5 Å². The van der Waals surface area contributed by atoms with Crippen LogP contribution in [0, 0.1) is 0 Å². The summed E-state index contributed by atoms with van der Waals surface area (Å²) in [5.41, 5.74) is -3.34. The summed E-state index contributed by atoms with van der Waals surface area (Å²) in [5, 5.41) is 59.3. The minimum atomic E-state index is -2.00. The van der Waals surface area contributed by atoms with Gasteiger partial charge in [0.15, 0.2) is 34.5 Å². The van der Waals surface area contributed by atoms with Crippen molar-refractivity contribution in [1.82, 2.24) is 0 Å². The molecule has 1 aliphatic heterocycles. The van der Waals surface area contributed by atoms with Gasteiger partial charge in [0.05, 0.1) is 11.0 Å². The normalized spacial score (nSPS) is 17.4. The molecule has 44 heavy (non-hydrogen) atoms. The molecule has 0 bridgehead atoms. The number of phenolic OH excluding ortho intramolecular Hbond substituents is 6. The number of allylic oxidation sites excluding steroid dienone is 1. The molecule has 1 atom stereocenters. The predicted molar refractivity (Wildman–Crippen MR) is 154 cm³/mol. The smallest absolute Gasteiger partial charge is 0.348 e. The third-order valence-corrected chi connectivity index (χ3v) is 7.52. The van der Waals surface area contributed by atoms with Crippen LogP contribution in [0.4, 0.5) is 0 Å². The molecule has 218 valence electrons. The molecule has 1 aliphatic carbocycles. The molecule has 12 nitrogen and oxygen atoms in total. The Bertz CT molecular complexity index is 2340. The van der Waals surface area contributed by atoms with Gasteiger partial charge in [-0.25, -0.2) is 9.59 Å². The molecule has 12 heteroatoms. The lowest BCUT2D eigenvalue weighted by Gasteiger charge is -2.27. The first kappa shape index (κ1) is 26.5. The van der Waals surface area contributed by atoms with Gasteiger partial charge in [0, 0.05) is 23.1 Å². The summed E-state index contributed by atoms with van der Waals surface area (Å²) < 4.78 is 17.2. The van der Waals surface area contributed by atoms with Gasteiger partial charge in [-0.15, -0.1) is 0 Å². The Hall–Kier alpha value is -6.43. The molecule has 0 saturated heterocycles. The van der Waals surface area contributed by atoms with Crippen LogP contribution in [-0.2, 0) is 15.1 Å². The molecule has 7 rings (SSSR count). The van der Waals surface area contributed by atoms with Crippen molar-refractivity contribution in [1.29, 1.82) is 0 Å². The van der Waals surface area contributed by atoms with Crippen LogP contribution in [0.1, 0.15) is 22.5 Å². The Morgan fingerprint density at radius 2 is 1.32 bits per heavy atom. The molecule has 2 aliphatic rings. The zero-order valence-electron chi connectivity index (χ0n) is 22.1. The Balaban J connectivity index is 1.39. The van der Waals surface area contributed by atoms with Gasteiger partial charge in [0.1, 0.15) is 22.5 Å². The third kappa shape index (κ3) is 3.74. The Labute approximate surface area is 244 Å². The molecule has 0 fully saturated rings. The maximum absolute atomic E-state index is 13.8. The van der Waals surface area contributed by atoms with E-state index in [1.807, 2.05) is 0 Å². The summed E-state index contributed by atoms with van der Waals surface area (Å²) >= 11 is 0. The number of fused-ring (bicyclic) bond motifs is 5. The number of ether oxygens (including phenoxy) is 1. The van der Waals surface area contributed by atoms with E-state index in [2.05, 4.69) is 0 Å². The molecule has 1 spiro atoms. The van der Waals surface area contributed by atoms with E-state index in [4.69, 9.17) is 13.6 Å². The lowest BCUT2D eigenvalue weighted by atomic mass is 9.85. The van der Waals surface area contributed by atoms with Gasteiger partial charge >= 0.3 is 11.3 Å². The van der Waals surface area contributed by atoms with Gasteiger partial charge in [-0.1, -0.05) is 12.1 Å². The minimum Gasteiger partial charge on any atom is -0.504 e. The quantitative estimate of drug-likeness (QED) is 0.129. The number of phenols is 6. The molecule has 6 N–H and O–H groups in total. The fourth-order valence-electron chi connectivity index (χ4n) is 5.47. The molecular weight excluding hydrogens is 576 g/mol. The number of hydrogen-bond acceptors (Lipinski definition) is 12. The van der Waals surface area contributed by atoms with Crippen LogP contribution >= 0.6 is 0 Å². The second-order valence-electron chi connectivity index (χ2n) is 10.2. The molecular formula is C32H18O12. The van der Waals surface area contributed by atoms with Crippen LogP contribution in [0.25, 0.3) is 39.5 Å². The lowest BCUT2D eigenvalue weighted by Crippen LogP contribution is -2.33. The topological polar surface area (TPSA) is 208 Å². The largest absolute Gasteiger partial charge is 0.504 e. The molecule has 3 aromatic carbocycles. The Morgan fingerprint density at radius 3 is 2.07 bits per heavy atom. The first-order valence-corrected chi connectivity index (χ1v) is 12.9. The lowest BCUT2D eigenvalue weighted by molar-refractivity contribution is -0.125. The molecule has 3 heterocycles. The average Bonchev–Trinajstić information content (AvgIpc) is 3.47. The van der Waals surface area contributed by atoms with E-state index in [1.165, 1.54) is 54.6 Å². The molecule has 5 aromatic rings. The van der Waals surface area contributed by atoms with Crippen LogP contribution in [0.5, 0.6) is 34.5 Å². The van der Waals surface area contributed by atoms with Gasteiger partial charge in [0.2, 0.25) is 11.4 Å². The van der Waals surface area contributed by atoms with Gasteiger partial charge in [-0.2, -0.15) is 0 Å². The van der Waals surface area contributed by atoms with E-state index in [9.17, 15) is 45.0 Å². The van der Waals surface area contributed by atoms with Crippen molar-refractivity contribution in [3.63, 3.8) is 0 Å². The van der Waals surface area contributed by atoms with E-state index in [0.29, 0.717) is 5.56 Å². The Morgan fingerprint density at radius 1 is 0.636 bits per heavy atom. The molecule has 0 saturated carbocycles. The third-order valence-electron chi connectivity index (χ3n) is 7.52. The molecule has 0 amide bonds. The second-order valence-corrected chi connectivity index (χ2v) is 10.2. The van der Waals surface area contributed by atoms with Crippen LogP contribution in [0.3, 0.4) is 0 Å². The number of hydrogen-bond donors (Lipinski definition) is 6. The SMILES string of the molecule is O=C1C=C(/C=C/c2ccc(O)c(O)c2)O[C@@]12C(c1cc3oc(=O)c4cc(O)c(O)cc4c3c(=O)o1)=Cc1cc(O)c(O)cc12. The zero-order chi connectivity index (χ0) is 31.1. The summed E-state index contributed by atoms with van der Waals surface area (Å²) in [4.78, 5) is 39.9. The summed E-state index contributed by atoms with van der Waals surface area (Å²) in [7, 11) is 0. The summed E-state index contributed by atoms with van der Waals surface area (Å²) in [5.74, 6) is -3.70. The highest BCUT2D eigenvalue weighted by Crippen LogP contribution is 2.54. The average molecular weight is 594 g/mol. The van der Waals surface area contributed by atoms with Gasteiger partial charge in [0.25, 0.3) is 0 Å². The highest BCUT2D eigenvalue weighted by Gasteiger charge is 2.55. The van der Waals surface area contributed by atoms with E-state index in [1.54, 1.807) is 0 Å². The predicted octanol–water partition coefficient (Wildman–Crippen LogP) is 4.08. The first-order chi connectivity index (χ1) is 21.0. The zero-order valence-corrected chi connectivity index (χ0v) is 22.1. The fourth-order valence-corrected chi connectivity index (χ4v) is 5.47. The van der Waals surface area contributed by atoms with Gasteiger partial charge < -0.3 is 44.2 Å². The van der Waals surface area contributed by atoms with Crippen LogP contribution in [0.2, 0.25) is 0 Å². The number of benzene rings is 3. The highest BCUT2D eigenvalue weighted by atomic mass is 16.5. The maximum atomic E-state index is 13.8. The van der Waals surface area contributed by atoms with Crippen molar-refractivity contribution >= 4 is 45.3 Å². The monoisotopic (exact) mass is 594 g/mol. The van der Waals surface area contributed by atoms with E-state index >= 15 is 0 Å². The van der Waals surface area contributed by atoms with Crippen molar-refractivity contribution in [3.05, 3.63) is 110 Å². The molecule has 2 aromatic heterocycles. The number of rotatable bonds is 3. The summed E-state index contributed by atoms with van der Waals surface area (Å²) in [6, 6.07) is 9.61. The number of aromatic hydroxyl groups is 6. The van der Waals surface area contributed by atoms with E-state index in [0.717, 1.165) is 18.2 Å². The summed E-state index contributed by atoms with van der Waals surface area (Å²) in [6.07, 6.45) is 5.52. The van der Waals surface area contributed by atoms with Gasteiger partial charge in [-0.3, -0.25) is 4.79 Å². The number of ketones is 1. The second kappa shape index (κ2) is 9.03. The van der Waals surface area contributed by atoms with Gasteiger partial charge in [-0.05, 0) is 59.7 Å². The van der Waals surface area contributed by atoms with Crippen LogP contribution in [-0.4, -0.2) is 36.4 Å². The first-order valence-electron chi connectivity index (χ1n) is 12.9. The van der Waals surface area contributed by atoms with Crippen molar-refractivity contribution in [2.45, 2.75) is 5.60 Å². The highest BCUT2D eigenvalue weighted by molar-refractivity contribution is 6.16. The fraction of sp³-hybridized carbons (Fsp3) is 0.0312. The maximum Gasteiger partial charge on any atom is 0.348 e. The number of carbonyl (C=O) groups excluding carboxylic acids is 1. The Kier molecular flexibility index (Phi) is 5.43. The number of carbonyl (C=O) groups is 1. The minimum absolute atomic E-state index is 0.0141. The van der Waals surface area contributed by atoms with Crippen LogP contribution < -0.4 is 11.3 Å². The van der Waals surface area contributed by atoms with Crippen LogP contribution in [0.15, 0.2) is 84.9 Å². The molecule has 0 radical (unpaired) electrons. The van der Waals surface area contributed by atoms with E-state index < -0.39 is 45.6 Å². The summed E-state index contributed by atoms with van der Waals surface area (Å²) in [6.45, 7) is 0. The van der Waals surface area contributed by atoms with Crippen molar-refractivity contribution in [2.24, 2.45) is 0 Å². The van der Waals surface area contributed by atoms with E-state index in [-0.39, 0.29) is 61.5 Å². The standard InChI is InChI=1S/C32H18O12/c33-20-4-2-13(5-21(20)34)1-3-15-8-28(39)32(44-15)18-11-25(38)22(35)7-14(18)6-19(32)26-12-27-29(31(41)42-26)16-9-23(36)24(37)10-17(16)30(40)43-27/h1-12,33-38H/b3-1+/t32-/m0/s1. The molecule has 0 unspecified atom stereocenters. The van der Waals surface area contributed by atoms with Crippen molar-refractivity contribution in [2.75, 3.05) is 0 Å².